The van der Waals surface area contributed by atoms with Crippen LogP contribution >= 0.6 is 0 Å². The zero-order valence-corrected chi connectivity index (χ0v) is 13.7. The summed E-state index contributed by atoms with van der Waals surface area (Å²) in [6.07, 6.45) is 4.77. The van der Waals surface area contributed by atoms with Crippen LogP contribution in [0.2, 0.25) is 0 Å². The minimum atomic E-state index is -0.286. The van der Waals surface area contributed by atoms with Gasteiger partial charge in [0.05, 0.1) is 40.3 Å². The molecule has 0 aromatic heterocycles. The number of hydrogen-bond donors (Lipinski definition) is 0. The summed E-state index contributed by atoms with van der Waals surface area (Å²) in [5.74, 6) is -0.536. The summed E-state index contributed by atoms with van der Waals surface area (Å²) >= 11 is 0. The molecule has 5 heteroatoms. The van der Waals surface area contributed by atoms with Gasteiger partial charge in [0.25, 0.3) is 0 Å². The molecule has 0 spiro atoms. The Kier molecular flexibility index (Phi) is 9.40. The molecule has 0 saturated carbocycles. The van der Waals surface area contributed by atoms with E-state index in [1.54, 1.807) is 6.08 Å². The minimum absolute atomic E-state index is 0.0139. The van der Waals surface area contributed by atoms with Gasteiger partial charge in [0.2, 0.25) is 0 Å². The van der Waals surface area contributed by atoms with Crippen LogP contribution in [-0.2, 0) is 30.4 Å². The average molecular weight is 320 g/mol. The van der Waals surface area contributed by atoms with Gasteiger partial charge in [0.1, 0.15) is 0 Å². The smallest absolute Gasteiger partial charge is 0.309 e. The van der Waals surface area contributed by atoms with Crippen molar-refractivity contribution in [2.45, 2.75) is 25.9 Å². The minimum Gasteiger partial charge on any atom is -0.469 e. The summed E-state index contributed by atoms with van der Waals surface area (Å²) in [4.78, 5) is 22.5. The Hall–Kier alpha value is -2.14. The Labute approximate surface area is 137 Å². The van der Waals surface area contributed by atoms with E-state index in [4.69, 9.17) is 9.47 Å². The molecule has 0 amide bonds. The highest BCUT2D eigenvalue weighted by molar-refractivity contribution is 5.71. The molecule has 1 aromatic rings. The van der Waals surface area contributed by atoms with Crippen molar-refractivity contribution >= 4 is 11.9 Å². The van der Waals surface area contributed by atoms with Crippen molar-refractivity contribution in [3.8, 4) is 0 Å². The van der Waals surface area contributed by atoms with Crippen molar-refractivity contribution in [2.75, 3.05) is 20.8 Å². The zero-order chi connectivity index (χ0) is 16.9. The van der Waals surface area contributed by atoms with Crippen LogP contribution in [0, 0.1) is 5.92 Å². The van der Waals surface area contributed by atoms with E-state index in [-0.39, 0.29) is 30.7 Å². The van der Waals surface area contributed by atoms with Crippen molar-refractivity contribution in [3.63, 3.8) is 0 Å². The Morgan fingerprint density at radius 1 is 1.04 bits per heavy atom. The predicted octanol–water partition coefficient (Wildman–Crippen LogP) is 2.89. The van der Waals surface area contributed by atoms with Gasteiger partial charge in [-0.15, -0.1) is 0 Å². The van der Waals surface area contributed by atoms with E-state index in [2.05, 4.69) is 4.74 Å². The molecular weight excluding hydrogens is 296 g/mol. The first-order valence-electron chi connectivity index (χ1n) is 7.56. The van der Waals surface area contributed by atoms with Gasteiger partial charge in [-0.05, 0) is 17.9 Å². The average Bonchev–Trinajstić information content (AvgIpc) is 2.58. The molecule has 0 fully saturated rings. The number of carbonyl (C=O) groups is 2. The Morgan fingerprint density at radius 2 is 1.74 bits per heavy atom. The largest absolute Gasteiger partial charge is 0.469 e. The molecule has 23 heavy (non-hydrogen) atoms. The molecular formula is C18H24O5. The first-order chi connectivity index (χ1) is 11.2. The number of hydrogen-bond acceptors (Lipinski definition) is 5. The highest BCUT2D eigenvalue weighted by Gasteiger charge is 2.13. The number of ether oxygens (including phenoxy) is 3. The van der Waals surface area contributed by atoms with Crippen molar-refractivity contribution < 1.29 is 23.8 Å². The number of carbonyl (C=O) groups excluding carboxylic acids is 2. The first-order valence-corrected chi connectivity index (χ1v) is 7.56. The third-order valence-electron chi connectivity index (χ3n) is 3.30. The molecule has 0 bridgehead atoms. The van der Waals surface area contributed by atoms with E-state index >= 15 is 0 Å². The third kappa shape index (κ3) is 8.78. The molecule has 0 aliphatic heterocycles. The summed E-state index contributed by atoms with van der Waals surface area (Å²) in [6, 6.07) is 9.85. The van der Waals surface area contributed by atoms with Crippen LogP contribution in [0.3, 0.4) is 0 Å². The lowest BCUT2D eigenvalue weighted by Crippen LogP contribution is -2.15. The summed E-state index contributed by atoms with van der Waals surface area (Å²) < 4.78 is 15.0. The normalized spacial score (nSPS) is 12.1. The van der Waals surface area contributed by atoms with Gasteiger partial charge in [-0.3, -0.25) is 9.59 Å². The van der Waals surface area contributed by atoms with Crippen LogP contribution in [0.5, 0.6) is 0 Å². The van der Waals surface area contributed by atoms with E-state index in [1.165, 1.54) is 14.2 Å². The van der Waals surface area contributed by atoms with E-state index in [9.17, 15) is 9.59 Å². The molecule has 0 unspecified atom stereocenters. The molecule has 1 atom stereocenters. The van der Waals surface area contributed by atoms with Gasteiger partial charge in [0, 0.05) is 0 Å². The fourth-order valence-electron chi connectivity index (χ4n) is 2.00. The monoisotopic (exact) mass is 320 g/mol. The van der Waals surface area contributed by atoms with Crippen LogP contribution in [0.4, 0.5) is 0 Å². The van der Waals surface area contributed by atoms with Gasteiger partial charge < -0.3 is 14.2 Å². The van der Waals surface area contributed by atoms with E-state index in [1.807, 2.05) is 36.4 Å². The third-order valence-corrected chi connectivity index (χ3v) is 3.30. The number of esters is 2. The van der Waals surface area contributed by atoms with Gasteiger partial charge in [-0.1, -0.05) is 42.5 Å². The van der Waals surface area contributed by atoms with Gasteiger partial charge in [-0.2, -0.15) is 0 Å². The van der Waals surface area contributed by atoms with Crippen LogP contribution in [0.1, 0.15) is 24.8 Å². The molecule has 1 aromatic carbocycles. The van der Waals surface area contributed by atoms with E-state index in [0.717, 1.165) is 5.56 Å². The lowest BCUT2D eigenvalue weighted by molar-refractivity contribution is -0.142. The molecule has 0 aliphatic rings. The topological polar surface area (TPSA) is 61.8 Å². The zero-order valence-electron chi connectivity index (χ0n) is 13.7. The molecule has 0 heterocycles. The van der Waals surface area contributed by atoms with Crippen LogP contribution in [0.15, 0.2) is 42.5 Å². The molecule has 0 saturated heterocycles. The molecule has 5 nitrogen and oxygen atoms in total. The fraction of sp³-hybridized carbons (Fsp3) is 0.444. The predicted molar refractivity (Wildman–Crippen MR) is 86.6 cm³/mol. The van der Waals surface area contributed by atoms with Gasteiger partial charge in [-0.25, -0.2) is 0 Å². The van der Waals surface area contributed by atoms with Gasteiger partial charge >= 0.3 is 11.9 Å². The van der Waals surface area contributed by atoms with Crippen molar-refractivity contribution in [1.82, 2.24) is 0 Å². The highest BCUT2D eigenvalue weighted by atomic mass is 16.5. The number of rotatable bonds is 10. The number of methoxy groups -OCH3 is 2. The SMILES string of the molecule is COC(=O)C/C=C/C[C@@H](COCc1ccccc1)CC(=O)OC. The summed E-state index contributed by atoms with van der Waals surface area (Å²) in [5.41, 5.74) is 1.09. The van der Waals surface area contributed by atoms with Crippen LogP contribution in [0.25, 0.3) is 0 Å². The Balaban J connectivity index is 2.41. The van der Waals surface area contributed by atoms with E-state index < -0.39 is 0 Å². The van der Waals surface area contributed by atoms with Crippen molar-refractivity contribution in [3.05, 3.63) is 48.0 Å². The maximum atomic E-state index is 11.5. The molecule has 126 valence electrons. The second-order valence-electron chi connectivity index (χ2n) is 5.13. The van der Waals surface area contributed by atoms with Crippen LogP contribution < -0.4 is 0 Å². The lowest BCUT2D eigenvalue weighted by atomic mass is 10.0. The highest BCUT2D eigenvalue weighted by Crippen LogP contribution is 2.13. The molecule has 0 aliphatic carbocycles. The molecule has 1 rings (SSSR count). The van der Waals surface area contributed by atoms with Crippen LogP contribution in [-0.4, -0.2) is 32.8 Å². The summed E-state index contributed by atoms with van der Waals surface area (Å²) in [5, 5.41) is 0. The molecule has 0 N–H and O–H groups in total. The summed E-state index contributed by atoms with van der Waals surface area (Å²) in [6.45, 7) is 0.955. The lowest BCUT2D eigenvalue weighted by Gasteiger charge is -2.14. The van der Waals surface area contributed by atoms with Crippen molar-refractivity contribution in [2.24, 2.45) is 5.92 Å². The second-order valence-corrected chi connectivity index (χ2v) is 5.13. The Morgan fingerprint density at radius 3 is 2.39 bits per heavy atom. The first kappa shape index (κ1) is 18.9. The maximum Gasteiger partial charge on any atom is 0.309 e. The second kappa shape index (κ2) is 11.4. The summed E-state index contributed by atoms with van der Waals surface area (Å²) in [7, 11) is 2.73. The van der Waals surface area contributed by atoms with E-state index in [0.29, 0.717) is 19.6 Å². The quantitative estimate of drug-likeness (QED) is 0.490. The van der Waals surface area contributed by atoms with Crippen molar-refractivity contribution in [1.29, 1.82) is 0 Å². The Bertz CT molecular complexity index is 495. The maximum absolute atomic E-state index is 11.5. The standard InChI is InChI=1S/C18H24O5/c1-21-17(19)11-7-6-10-16(12-18(20)22-2)14-23-13-15-8-4-3-5-9-15/h3-9,16H,10-14H2,1-2H3/b7-6+/t16-/m1/s1. The fourth-order valence-corrected chi connectivity index (χ4v) is 2.00. The number of benzene rings is 1. The van der Waals surface area contributed by atoms with Gasteiger partial charge in [0.15, 0.2) is 0 Å². The molecule has 0 radical (unpaired) electrons. The number of allylic oxidation sites excluding steroid dienone is 1.